The summed E-state index contributed by atoms with van der Waals surface area (Å²) in [6.07, 6.45) is 2.54. The van der Waals surface area contributed by atoms with E-state index in [2.05, 4.69) is 24.4 Å². The Labute approximate surface area is 148 Å². The number of rotatable bonds is 8. The summed E-state index contributed by atoms with van der Waals surface area (Å²) in [6, 6.07) is 10.2. The van der Waals surface area contributed by atoms with Crippen LogP contribution in [-0.2, 0) is 16.0 Å². The predicted molar refractivity (Wildman–Crippen MR) is 97.0 cm³/mol. The number of fused-ring (bicyclic) bond motifs is 1. The number of amides is 1. The minimum atomic E-state index is -0.349. The number of benzene rings is 2. The minimum absolute atomic E-state index is 0.109. The summed E-state index contributed by atoms with van der Waals surface area (Å²) in [4.78, 5) is 11.8. The van der Waals surface area contributed by atoms with Crippen LogP contribution in [0.4, 0.5) is 4.79 Å². The molecule has 0 heterocycles. The van der Waals surface area contributed by atoms with Crippen LogP contribution in [0.25, 0.3) is 10.8 Å². The normalized spacial score (nSPS) is 13.7. The fourth-order valence-corrected chi connectivity index (χ4v) is 2.78. The van der Waals surface area contributed by atoms with Crippen LogP contribution in [0.15, 0.2) is 30.3 Å². The third-order valence-electron chi connectivity index (χ3n) is 4.36. The van der Waals surface area contributed by atoms with Gasteiger partial charge in [-0.3, -0.25) is 0 Å². The largest absolute Gasteiger partial charge is 0.493 e. The first-order valence-electron chi connectivity index (χ1n) is 8.76. The number of aryl methyl sites for hydroxylation is 1. The molecule has 0 atom stereocenters. The van der Waals surface area contributed by atoms with Crippen LogP contribution in [0.2, 0.25) is 0 Å². The molecule has 5 heteroatoms. The second kappa shape index (κ2) is 8.21. The molecule has 0 bridgehead atoms. The van der Waals surface area contributed by atoms with Gasteiger partial charge in [0.25, 0.3) is 0 Å². The van der Waals surface area contributed by atoms with E-state index in [0.717, 1.165) is 46.9 Å². The highest BCUT2D eigenvalue weighted by molar-refractivity contribution is 5.92. The molecule has 25 heavy (non-hydrogen) atoms. The van der Waals surface area contributed by atoms with Gasteiger partial charge in [-0.1, -0.05) is 24.3 Å². The topological polar surface area (TPSA) is 56.8 Å². The first-order valence-corrected chi connectivity index (χ1v) is 8.76. The molecule has 1 N–H and O–H groups in total. The average Bonchev–Trinajstić information content (AvgIpc) is 3.43. The summed E-state index contributed by atoms with van der Waals surface area (Å²) in [7, 11) is 1.69. The summed E-state index contributed by atoms with van der Waals surface area (Å²) in [5.74, 6) is 0.838. The minimum Gasteiger partial charge on any atom is -0.493 e. The summed E-state index contributed by atoms with van der Waals surface area (Å²) >= 11 is 0. The molecule has 0 saturated heterocycles. The highest BCUT2D eigenvalue weighted by Gasteiger charge is 2.25. The van der Waals surface area contributed by atoms with Crippen LogP contribution in [0.5, 0.6) is 5.75 Å². The molecule has 5 nitrogen and oxygen atoms in total. The van der Waals surface area contributed by atoms with Crippen molar-refractivity contribution in [2.75, 3.05) is 20.3 Å². The number of hydrogen-bond acceptors (Lipinski definition) is 4. The summed E-state index contributed by atoms with van der Waals surface area (Å²) in [5.41, 5.74) is 2.18. The molecule has 0 unspecified atom stereocenters. The molecule has 0 aliphatic heterocycles. The Hall–Kier alpha value is -2.27. The maximum absolute atomic E-state index is 11.8. The zero-order valence-corrected chi connectivity index (χ0v) is 14.8. The van der Waals surface area contributed by atoms with Crippen molar-refractivity contribution >= 4 is 16.9 Å². The van der Waals surface area contributed by atoms with E-state index in [0.29, 0.717) is 19.8 Å². The fraction of sp³-hybridized carbons (Fsp3) is 0.450. The quantitative estimate of drug-likeness (QED) is 0.737. The number of hydrogen-bond donors (Lipinski definition) is 1. The maximum Gasteiger partial charge on any atom is 0.407 e. The Bertz CT molecular complexity index is 740. The number of nitrogens with one attached hydrogen (secondary N) is 1. The monoisotopic (exact) mass is 343 g/mol. The third kappa shape index (κ3) is 4.63. The van der Waals surface area contributed by atoms with E-state index in [4.69, 9.17) is 14.2 Å². The van der Waals surface area contributed by atoms with Crippen LogP contribution >= 0.6 is 0 Å². The van der Waals surface area contributed by atoms with E-state index >= 15 is 0 Å². The van der Waals surface area contributed by atoms with E-state index < -0.39 is 0 Å². The molecule has 0 radical (unpaired) electrons. The van der Waals surface area contributed by atoms with Crippen molar-refractivity contribution in [3.63, 3.8) is 0 Å². The van der Waals surface area contributed by atoms with Crippen molar-refractivity contribution in [2.45, 2.75) is 38.8 Å². The molecular formula is C20H25NO4. The summed E-state index contributed by atoms with van der Waals surface area (Å²) in [6.45, 7) is 3.76. The fourth-order valence-electron chi connectivity index (χ4n) is 2.78. The Morgan fingerprint density at radius 3 is 2.68 bits per heavy atom. The standard InChI is InChI=1S/C20H25NO4/c1-14-15(13-21-20(22)25-16-8-9-16)12-19(24-11-5-10-23-2)18-7-4-3-6-17(14)18/h3-4,6-7,12,16H,5,8-11,13H2,1-2H3,(H,21,22). The van der Waals surface area contributed by atoms with Gasteiger partial charge in [0.15, 0.2) is 0 Å². The first kappa shape index (κ1) is 17.5. The summed E-state index contributed by atoms with van der Waals surface area (Å²) in [5, 5.41) is 5.07. The van der Waals surface area contributed by atoms with Crippen molar-refractivity contribution in [3.8, 4) is 5.75 Å². The Kier molecular flexibility index (Phi) is 5.76. The van der Waals surface area contributed by atoms with Gasteiger partial charge in [0.2, 0.25) is 0 Å². The lowest BCUT2D eigenvalue weighted by atomic mass is 9.99. The predicted octanol–water partition coefficient (Wildman–Crippen LogP) is 3.95. The van der Waals surface area contributed by atoms with Gasteiger partial charge in [-0.2, -0.15) is 0 Å². The van der Waals surface area contributed by atoms with Gasteiger partial charge in [0.1, 0.15) is 11.9 Å². The van der Waals surface area contributed by atoms with Gasteiger partial charge in [0.05, 0.1) is 6.61 Å². The second-order valence-electron chi connectivity index (χ2n) is 6.36. The van der Waals surface area contributed by atoms with E-state index in [1.54, 1.807) is 7.11 Å². The van der Waals surface area contributed by atoms with Crippen molar-refractivity contribution in [2.24, 2.45) is 0 Å². The van der Waals surface area contributed by atoms with Gasteiger partial charge < -0.3 is 19.5 Å². The van der Waals surface area contributed by atoms with E-state index in [-0.39, 0.29) is 12.2 Å². The van der Waals surface area contributed by atoms with Crippen LogP contribution in [0, 0.1) is 6.92 Å². The zero-order chi connectivity index (χ0) is 17.6. The lowest BCUT2D eigenvalue weighted by Crippen LogP contribution is -2.25. The third-order valence-corrected chi connectivity index (χ3v) is 4.36. The van der Waals surface area contributed by atoms with Crippen molar-refractivity contribution in [1.82, 2.24) is 5.32 Å². The second-order valence-corrected chi connectivity index (χ2v) is 6.36. The first-order chi connectivity index (χ1) is 12.2. The van der Waals surface area contributed by atoms with E-state index in [1.165, 1.54) is 0 Å². The molecule has 1 aliphatic rings. The number of carbonyl (C=O) groups excluding carboxylic acids is 1. The van der Waals surface area contributed by atoms with Crippen LogP contribution in [0.1, 0.15) is 30.4 Å². The molecule has 3 rings (SSSR count). The molecular weight excluding hydrogens is 318 g/mol. The Morgan fingerprint density at radius 2 is 1.96 bits per heavy atom. The molecule has 2 aromatic carbocycles. The summed E-state index contributed by atoms with van der Waals surface area (Å²) < 4.78 is 16.3. The number of ether oxygens (including phenoxy) is 3. The molecule has 1 saturated carbocycles. The van der Waals surface area contributed by atoms with Crippen LogP contribution in [0.3, 0.4) is 0 Å². The van der Waals surface area contributed by atoms with Crippen molar-refractivity contribution in [1.29, 1.82) is 0 Å². The van der Waals surface area contributed by atoms with E-state index in [1.807, 2.05) is 18.2 Å². The molecule has 1 aliphatic carbocycles. The Balaban J connectivity index is 1.76. The lowest BCUT2D eigenvalue weighted by Gasteiger charge is -2.16. The smallest absolute Gasteiger partial charge is 0.407 e. The molecule has 1 fully saturated rings. The van der Waals surface area contributed by atoms with Gasteiger partial charge in [0, 0.05) is 32.1 Å². The van der Waals surface area contributed by atoms with Crippen LogP contribution in [-0.4, -0.2) is 32.5 Å². The van der Waals surface area contributed by atoms with Gasteiger partial charge in [-0.15, -0.1) is 0 Å². The average molecular weight is 343 g/mol. The molecule has 0 spiro atoms. The molecule has 0 aromatic heterocycles. The highest BCUT2D eigenvalue weighted by atomic mass is 16.6. The van der Waals surface area contributed by atoms with Crippen molar-refractivity contribution in [3.05, 3.63) is 41.5 Å². The number of carbonyl (C=O) groups is 1. The molecule has 1 amide bonds. The molecule has 134 valence electrons. The maximum atomic E-state index is 11.8. The van der Waals surface area contributed by atoms with Crippen molar-refractivity contribution < 1.29 is 19.0 Å². The number of alkyl carbamates (subject to hydrolysis) is 1. The van der Waals surface area contributed by atoms with Gasteiger partial charge in [-0.05, 0) is 42.3 Å². The lowest BCUT2D eigenvalue weighted by molar-refractivity contribution is 0.138. The van der Waals surface area contributed by atoms with Gasteiger partial charge in [-0.25, -0.2) is 4.79 Å². The van der Waals surface area contributed by atoms with E-state index in [9.17, 15) is 4.79 Å². The number of methoxy groups -OCH3 is 1. The SMILES string of the molecule is COCCCOc1cc(CNC(=O)OC2CC2)c(C)c2ccccc12. The Morgan fingerprint density at radius 1 is 1.20 bits per heavy atom. The molecule has 2 aromatic rings. The zero-order valence-electron chi connectivity index (χ0n) is 14.8. The van der Waals surface area contributed by atoms with Crippen LogP contribution < -0.4 is 10.1 Å². The van der Waals surface area contributed by atoms with Gasteiger partial charge >= 0.3 is 6.09 Å². The highest BCUT2D eigenvalue weighted by Crippen LogP contribution is 2.31.